The topological polar surface area (TPSA) is 70.0 Å². The molecule has 2 aromatic rings. The predicted molar refractivity (Wildman–Crippen MR) is 76.1 cm³/mol. The van der Waals surface area contributed by atoms with Gasteiger partial charge in [0.25, 0.3) is 10.0 Å². The Morgan fingerprint density at radius 2 is 1.95 bits per heavy atom. The number of nitriles is 1. The van der Waals surface area contributed by atoms with Crippen LogP contribution < -0.4 is 4.72 Å². The Balaban J connectivity index is 2.36. The summed E-state index contributed by atoms with van der Waals surface area (Å²) in [5, 5.41) is 8.63. The molecule has 4 nitrogen and oxygen atoms in total. The molecule has 0 aromatic heterocycles. The van der Waals surface area contributed by atoms with E-state index in [0.29, 0.717) is 4.47 Å². The van der Waals surface area contributed by atoms with Crippen LogP contribution in [-0.4, -0.2) is 8.42 Å². The number of anilines is 1. The van der Waals surface area contributed by atoms with Crippen LogP contribution in [0.2, 0.25) is 0 Å². The summed E-state index contributed by atoms with van der Waals surface area (Å²) in [6.07, 6.45) is 0. The SMILES string of the molecule is N#Cc1ccc(NS(=O)(=O)c2cccc(Br)c2)c(F)c1. The van der Waals surface area contributed by atoms with Gasteiger partial charge in [0, 0.05) is 4.47 Å². The van der Waals surface area contributed by atoms with Crippen LogP contribution in [0.3, 0.4) is 0 Å². The lowest BCUT2D eigenvalue weighted by molar-refractivity contribution is 0.598. The normalized spacial score (nSPS) is 10.8. The van der Waals surface area contributed by atoms with Gasteiger partial charge in [-0.05, 0) is 36.4 Å². The van der Waals surface area contributed by atoms with Crippen molar-refractivity contribution in [2.24, 2.45) is 0 Å². The Morgan fingerprint density at radius 3 is 2.55 bits per heavy atom. The Hall–Kier alpha value is -1.91. The molecular weight excluding hydrogens is 347 g/mol. The third kappa shape index (κ3) is 3.15. The molecule has 0 saturated heterocycles. The molecule has 0 atom stereocenters. The lowest BCUT2D eigenvalue weighted by Crippen LogP contribution is -2.14. The molecule has 0 fully saturated rings. The smallest absolute Gasteiger partial charge is 0.262 e. The highest BCUT2D eigenvalue weighted by molar-refractivity contribution is 9.10. The molecule has 7 heteroatoms. The molecule has 2 aromatic carbocycles. The number of sulfonamides is 1. The molecule has 1 N–H and O–H groups in total. The van der Waals surface area contributed by atoms with E-state index in [9.17, 15) is 12.8 Å². The number of hydrogen-bond donors (Lipinski definition) is 1. The highest BCUT2D eigenvalue weighted by atomic mass is 79.9. The third-order valence-electron chi connectivity index (χ3n) is 2.45. The molecule has 0 heterocycles. The van der Waals surface area contributed by atoms with Crippen molar-refractivity contribution in [2.75, 3.05) is 4.72 Å². The fourth-order valence-corrected chi connectivity index (χ4v) is 3.17. The van der Waals surface area contributed by atoms with E-state index in [4.69, 9.17) is 5.26 Å². The number of benzene rings is 2. The average molecular weight is 355 g/mol. The van der Waals surface area contributed by atoms with E-state index < -0.39 is 15.8 Å². The second-order valence-corrected chi connectivity index (χ2v) is 6.47. The second-order valence-electron chi connectivity index (χ2n) is 3.87. The Bertz CT molecular complexity index is 800. The molecule has 20 heavy (non-hydrogen) atoms. The molecule has 102 valence electrons. The van der Waals surface area contributed by atoms with E-state index in [1.165, 1.54) is 24.3 Å². The van der Waals surface area contributed by atoms with E-state index in [1.807, 2.05) is 0 Å². The van der Waals surface area contributed by atoms with Gasteiger partial charge < -0.3 is 0 Å². The van der Waals surface area contributed by atoms with Gasteiger partial charge in [0.2, 0.25) is 0 Å². The van der Waals surface area contributed by atoms with Crippen LogP contribution >= 0.6 is 15.9 Å². The van der Waals surface area contributed by atoms with Crippen molar-refractivity contribution in [3.63, 3.8) is 0 Å². The van der Waals surface area contributed by atoms with Crippen molar-refractivity contribution in [1.29, 1.82) is 5.26 Å². The average Bonchev–Trinajstić information content (AvgIpc) is 2.41. The second kappa shape index (κ2) is 5.61. The largest absolute Gasteiger partial charge is 0.277 e. The minimum atomic E-state index is -3.88. The Labute approximate surface area is 124 Å². The van der Waals surface area contributed by atoms with Gasteiger partial charge >= 0.3 is 0 Å². The molecule has 0 aliphatic carbocycles. The van der Waals surface area contributed by atoms with Crippen LogP contribution in [0.1, 0.15) is 5.56 Å². The van der Waals surface area contributed by atoms with Crippen LogP contribution in [-0.2, 0) is 10.0 Å². The molecule has 0 amide bonds. The summed E-state index contributed by atoms with van der Waals surface area (Å²) in [6, 6.07) is 11.3. The zero-order valence-corrected chi connectivity index (χ0v) is 12.4. The van der Waals surface area contributed by atoms with Crippen molar-refractivity contribution >= 4 is 31.6 Å². The van der Waals surface area contributed by atoms with Gasteiger partial charge in [0.1, 0.15) is 5.82 Å². The van der Waals surface area contributed by atoms with E-state index in [0.717, 1.165) is 6.07 Å². The minimum Gasteiger partial charge on any atom is -0.277 e. The fraction of sp³-hybridized carbons (Fsp3) is 0. The van der Waals surface area contributed by atoms with Crippen LogP contribution in [0.5, 0.6) is 0 Å². The molecule has 0 aliphatic heterocycles. The molecule has 0 bridgehead atoms. The van der Waals surface area contributed by atoms with Gasteiger partial charge in [-0.1, -0.05) is 22.0 Å². The van der Waals surface area contributed by atoms with E-state index in [2.05, 4.69) is 20.7 Å². The molecular formula is C13H8BrFN2O2S. The first-order chi connectivity index (χ1) is 9.42. The quantitative estimate of drug-likeness (QED) is 0.919. The summed E-state index contributed by atoms with van der Waals surface area (Å²) in [6.45, 7) is 0. The minimum absolute atomic E-state index is 0.00985. The number of nitrogens with zero attached hydrogens (tertiary/aromatic N) is 1. The monoisotopic (exact) mass is 354 g/mol. The lowest BCUT2D eigenvalue weighted by Gasteiger charge is -2.09. The third-order valence-corrected chi connectivity index (χ3v) is 4.31. The number of hydrogen-bond acceptors (Lipinski definition) is 3. The van der Waals surface area contributed by atoms with E-state index >= 15 is 0 Å². The summed E-state index contributed by atoms with van der Waals surface area (Å²) in [4.78, 5) is 0.00985. The lowest BCUT2D eigenvalue weighted by atomic mass is 10.2. The number of rotatable bonds is 3. The van der Waals surface area contributed by atoms with Crippen molar-refractivity contribution in [2.45, 2.75) is 4.90 Å². The van der Waals surface area contributed by atoms with E-state index in [1.54, 1.807) is 18.2 Å². The maximum atomic E-state index is 13.7. The van der Waals surface area contributed by atoms with E-state index in [-0.39, 0.29) is 16.1 Å². The fourth-order valence-electron chi connectivity index (χ4n) is 1.51. The first kappa shape index (κ1) is 14.5. The first-order valence-electron chi connectivity index (χ1n) is 5.40. The molecule has 0 radical (unpaired) electrons. The molecule has 0 aliphatic rings. The first-order valence-corrected chi connectivity index (χ1v) is 7.68. The van der Waals surface area contributed by atoms with Crippen molar-refractivity contribution in [1.82, 2.24) is 0 Å². The van der Waals surface area contributed by atoms with Gasteiger partial charge in [0.15, 0.2) is 0 Å². The summed E-state index contributed by atoms with van der Waals surface area (Å²) < 4.78 is 40.6. The van der Waals surface area contributed by atoms with Crippen LogP contribution in [0, 0.1) is 17.1 Å². The predicted octanol–water partition coefficient (Wildman–Crippen LogP) is 3.26. The maximum absolute atomic E-state index is 13.7. The van der Waals surface area contributed by atoms with Crippen molar-refractivity contribution in [3.05, 3.63) is 58.3 Å². The van der Waals surface area contributed by atoms with Gasteiger partial charge in [-0.15, -0.1) is 0 Å². The summed E-state index contributed by atoms with van der Waals surface area (Å²) in [5.41, 5.74) is -0.0862. The number of halogens is 2. The standard InChI is InChI=1S/C13H8BrFN2O2S/c14-10-2-1-3-11(7-10)20(18,19)17-13-5-4-9(8-16)6-12(13)15/h1-7,17H. The highest BCUT2D eigenvalue weighted by Crippen LogP contribution is 2.22. The molecule has 2 rings (SSSR count). The Kier molecular flexibility index (Phi) is 4.06. The summed E-state index contributed by atoms with van der Waals surface area (Å²) in [7, 11) is -3.88. The van der Waals surface area contributed by atoms with Crippen LogP contribution in [0.15, 0.2) is 51.8 Å². The molecule has 0 saturated carbocycles. The summed E-state index contributed by atoms with van der Waals surface area (Å²) >= 11 is 3.17. The maximum Gasteiger partial charge on any atom is 0.262 e. The molecule has 0 spiro atoms. The van der Waals surface area contributed by atoms with Gasteiger partial charge in [-0.3, -0.25) is 4.72 Å². The van der Waals surface area contributed by atoms with Crippen molar-refractivity contribution < 1.29 is 12.8 Å². The van der Waals surface area contributed by atoms with Gasteiger partial charge in [-0.2, -0.15) is 5.26 Å². The van der Waals surface area contributed by atoms with Crippen LogP contribution in [0.25, 0.3) is 0 Å². The van der Waals surface area contributed by atoms with Crippen LogP contribution in [0.4, 0.5) is 10.1 Å². The highest BCUT2D eigenvalue weighted by Gasteiger charge is 2.16. The van der Waals surface area contributed by atoms with Crippen molar-refractivity contribution in [3.8, 4) is 6.07 Å². The van der Waals surface area contributed by atoms with Gasteiger partial charge in [0.05, 0.1) is 22.2 Å². The summed E-state index contributed by atoms with van der Waals surface area (Å²) in [5.74, 6) is -0.803. The molecule has 0 unspecified atom stereocenters. The zero-order valence-electron chi connectivity index (χ0n) is 9.97. The Morgan fingerprint density at radius 1 is 1.20 bits per heavy atom. The van der Waals surface area contributed by atoms with Gasteiger partial charge in [-0.25, -0.2) is 12.8 Å². The zero-order chi connectivity index (χ0) is 14.8. The number of nitrogens with one attached hydrogen (secondary N) is 1.